The number of carbonyl (C=O) groups excluding carboxylic acids is 2. The molecule has 148 valence electrons. The van der Waals surface area contributed by atoms with Gasteiger partial charge in [-0.1, -0.05) is 12.1 Å². The summed E-state index contributed by atoms with van der Waals surface area (Å²) < 4.78 is 10.7. The number of amides is 2. The molecule has 1 aliphatic heterocycles. The van der Waals surface area contributed by atoms with Crippen LogP contribution < -0.4 is 20.7 Å². The van der Waals surface area contributed by atoms with Crippen molar-refractivity contribution >= 4 is 23.2 Å². The van der Waals surface area contributed by atoms with Gasteiger partial charge in [0.15, 0.2) is 0 Å². The molecule has 1 fully saturated rings. The molecular formula is C21H25N3O4. The SMILES string of the molecule is COc1cccc(NCC(=O)Nc2cccc(C(=O)NCC3CCCO3)c2)c1. The summed E-state index contributed by atoms with van der Waals surface area (Å²) in [6.45, 7) is 1.36. The Kier molecular flexibility index (Phi) is 6.86. The van der Waals surface area contributed by atoms with E-state index < -0.39 is 0 Å². The van der Waals surface area contributed by atoms with E-state index in [1.807, 2.05) is 24.3 Å². The van der Waals surface area contributed by atoms with E-state index in [-0.39, 0.29) is 24.5 Å². The van der Waals surface area contributed by atoms with Crippen LogP contribution in [0.4, 0.5) is 11.4 Å². The number of hydrogen-bond donors (Lipinski definition) is 3. The minimum absolute atomic E-state index is 0.0921. The fraction of sp³-hybridized carbons (Fsp3) is 0.333. The number of anilines is 2. The van der Waals surface area contributed by atoms with Crippen molar-refractivity contribution in [3.05, 3.63) is 54.1 Å². The second kappa shape index (κ2) is 9.75. The van der Waals surface area contributed by atoms with Gasteiger partial charge in [0, 0.05) is 36.2 Å². The Morgan fingerprint density at radius 3 is 2.75 bits per heavy atom. The summed E-state index contributed by atoms with van der Waals surface area (Å²) in [6.07, 6.45) is 2.09. The third-order valence-corrected chi connectivity index (χ3v) is 4.45. The van der Waals surface area contributed by atoms with Crippen LogP contribution in [0.2, 0.25) is 0 Å². The van der Waals surface area contributed by atoms with E-state index >= 15 is 0 Å². The highest BCUT2D eigenvalue weighted by Crippen LogP contribution is 2.17. The molecule has 7 heteroatoms. The number of benzene rings is 2. The summed E-state index contributed by atoms with van der Waals surface area (Å²) in [4.78, 5) is 24.5. The van der Waals surface area contributed by atoms with E-state index in [4.69, 9.17) is 9.47 Å². The molecule has 1 unspecified atom stereocenters. The molecule has 2 aromatic carbocycles. The maximum atomic E-state index is 12.3. The fourth-order valence-electron chi connectivity index (χ4n) is 2.97. The maximum Gasteiger partial charge on any atom is 0.251 e. The molecule has 28 heavy (non-hydrogen) atoms. The predicted octanol–water partition coefficient (Wildman–Crippen LogP) is 2.65. The lowest BCUT2D eigenvalue weighted by Gasteiger charge is -2.12. The van der Waals surface area contributed by atoms with Gasteiger partial charge in [-0.05, 0) is 43.2 Å². The summed E-state index contributed by atoms with van der Waals surface area (Å²) >= 11 is 0. The number of rotatable bonds is 8. The second-order valence-electron chi connectivity index (χ2n) is 6.56. The smallest absolute Gasteiger partial charge is 0.251 e. The fourth-order valence-corrected chi connectivity index (χ4v) is 2.97. The number of carbonyl (C=O) groups is 2. The summed E-state index contributed by atoms with van der Waals surface area (Å²) in [5.41, 5.74) is 1.86. The molecule has 1 heterocycles. The molecule has 7 nitrogen and oxygen atoms in total. The normalized spacial score (nSPS) is 15.7. The van der Waals surface area contributed by atoms with Crippen molar-refractivity contribution in [3.8, 4) is 5.75 Å². The molecule has 1 saturated heterocycles. The molecule has 2 aromatic rings. The molecule has 0 spiro atoms. The molecule has 3 rings (SSSR count). The van der Waals surface area contributed by atoms with E-state index in [0.29, 0.717) is 23.5 Å². The summed E-state index contributed by atoms with van der Waals surface area (Å²) in [5.74, 6) is 0.327. The van der Waals surface area contributed by atoms with Crippen LogP contribution in [0.5, 0.6) is 5.75 Å². The van der Waals surface area contributed by atoms with Crippen LogP contribution in [0.15, 0.2) is 48.5 Å². The Hall–Kier alpha value is -3.06. The van der Waals surface area contributed by atoms with Crippen LogP contribution in [0.3, 0.4) is 0 Å². The Balaban J connectivity index is 1.50. The van der Waals surface area contributed by atoms with Crippen molar-refractivity contribution in [2.75, 3.05) is 37.4 Å². The molecule has 0 bridgehead atoms. The summed E-state index contributed by atoms with van der Waals surface area (Å²) in [5, 5.41) is 8.72. The first-order valence-electron chi connectivity index (χ1n) is 9.31. The minimum Gasteiger partial charge on any atom is -0.497 e. The largest absolute Gasteiger partial charge is 0.497 e. The topological polar surface area (TPSA) is 88.7 Å². The first kappa shape index (κ1) is 19.7. The minimum atomic E-state index is -0.209. The Morgan fingerprint density at radius 2 is 1.96 bits per heavy atom. The van der Waals surface area contributed by atoms with E-state index in [2.05, 4.69) is 16.0 Å². The Morgan fingerprint density at radius 1 is 1.14 bits per heavy atom. The molecule has 2 amide bonds. The third-order valence-electron chi connectivity index (χ3n) is 4.45. The first-order chi connectivity index (χ1) is 13.6. The average molecular weight is 383 g/mol. The van der Waals surface area contributed by atoms with Gasteiger partial charge in [0.1, 0.15) is 5.75 Å². The first-order valence-corrected chi connectivity index (χ1v) is 9.31. The van der Waals surface area contributed by atoms with Gasteiger partial charge in [0.25, 0.3) is 5.91 Å². The zero-order chi connectivity index (χ0) is 19.8. The lowest BCUT2D eigenvalue weighted by Crippen LogP contribution is -2.31. The maximum absolute atomic E-state index is 12.3. The standard InChI is InChI=1S/C21H25N3O4/c1-27-18-8-3-6-16(12-18)22-14-20(25)24-17-7-2-5-15(11-17)21(26)23-13-19-9-4-10-28-19/h2-3,5-8,11-12,19,22H,4,9-10,13-14H2,1H3,(H,23,26)(H,24,25). The van der Waals surface area contributed by atoms with Gasteiger partial charge in [-0.25, -0.2) is 0 Å². The monoisotopic (exact) mass is 383 g/mol. The van der Waals surface area contributed by atoms with Gasteiger partial charge in [0.2, 0.25) is 5.91 Å². The van der Waals surface area contributed by atoms with E-state index in [9.17, 15) is 9.59 Å². The molecule has 1 aliphatic rings. The van der Waals surface area contributed by atoms with Gasteiger partial charge in [0.05, 0.1) is 19.8 Å². The molecule has 0 radical (unpaired) electrons. The lowest BCUT2D eigenvalue weighted by molar-refractivity contribution is -0.114. The van der Waals surface area contributed by atoms with Crippen LogP contribution in [0, 0.1) is 0 Å². The zero-order valence-electron chi connectivity index (χ0n) is 15.9. The van der Waals surface area contributed by atoms with Crippen LogP contribution in [0.25, 0.3) is 0 Å². The van der Waals surface area contributed by atoms with Crippen molar-refractivity contribution in [1.82, 2.24) is 5.32 Å². The lowest BCUT2D eigenvalue weighted by atomic mass is 10.1. The van der Waals surface area contributed by atoms with Crippen molar-refractivity contribution in [3.63, 3.8) is 0 Å². The molecule has 3 N–H and O–H groups in total. The van der Waals surface area contributed by atoms with E-state index in [0.717, 1.165) is 25.1 Å². The van der Waals surface area contributed by atoms with Crippen LogP contribution >= 0.6 is 0 Å². The highest BCUT2D eigenvalue weighted by Gasteiger charge is 2.16. The Labute approximate surface area is 164 Å². The van der Waals surface area contributed by atoms with Gasteiger partial charge < -0.3 is 25.4 Å². The van der Waals surface area contributed by atoms with Crippen molar-refractivity contribution in [2.45, 2.75) is 18.9 Å². The van der Waals surface area contributed by atoms with Gasteiger partial charge in [-0.15, -0.1) is 0 Å². The number of nitrogens with one attached hydrogen (secondary N) is 3. The van der Waals surface area contributed by atoms with Crippen LogP contribution in [0.1, 0.15) is 23.2 Å². The van der Waals surface area contributed by atoms with Gasteiger partial charge in [-0.3, -0.25) is 9.59 Å². The molecular weight excluding hydrogens is 358 g/mol. The number of methoxy groups -OCH3 is 1. The zero-order valence-corrected chi connectivity index (χ0v) is 15.9. The molecule has 0 aliphatic carbocycles. The van der Waals surface area contributed by atoms with Crippen LogP contribution in [-0.2, 0) is 9.53 Å². The summed E-state index contributed by atoms with van der Waals surface area (Å²) in [6, 6.07) is 14.2. The molecule has 0 aromatic heterocycles. The molecule has 0 saturated carbocycles. The van der Waals surface area contributed by atoms with Crippen molar-refractivity contribution in [2.24, 2.45) is 0 Å². The highest BCUT2D eigenvalue weighted by molar-refractivity contribution is 5.98. The number of hydrogen-bond acceptors (Lipinski definition) is 5. The van der Waals surface area contributed by atoms with Crippen molar-refractivity contribution in [1.29, 1.82) is 0 Å². The third kappa shape index (κ3) is 5.72. The van der Waals surface area contributed by atoms with E-state index in [1.165, 1.54) is 0 Å². The Bertz CT molecular complexity index is 819. The van der Waals surface area contributed by atoms with Gasteiger partial charge >= 0.3 is 0 Å². The number of ether oxygens (including phenoxy) is 2. The highest BCUT2D eigenvalue weighted by atomic mass is 16.5. The van der Waals surface area contributed by atoms with E-state index in [1.54, 1.807) is 31.4 Å². The van der Waals surface area contributed by atoms with Crippen LogP contribution in [-0.4, -0.2) is 44.7 Å². The quantitative estimate of drug-likeness (QED) is 0.652. The predicted molar refractivity (Wildman–Crippen MR) is 108 cm³/mol. The van der Waals surface area contributed by atoms with Gasteiger partial charge in [-0.2, -0.15) is 0 Å². The molecule has 1 atom stereocenters. The van der Waals surface area contributed by atoms with Crippen molar-refractivity contribution < 1.29 is 19.1 Å². The summed E-state index contributed by atoms with van der Waals surface area (Å²) in [7, 11) is 1.59. The average Bonchev–Trinajstić information content (AvgIpc) is 3.24. The second-order valence-corrected chi connectivity index (χ2v) is 6.56.